The van der Waals surface area contributed by atoms with Gasteiger partial charge in [0.25, 0.3) is 5.91 Å². The maximum absolute atomic E-state index is 14.2. The van der Waals surface area contributed by atoms with Crippen molar-refractivity contribution < 1.29 is 14.3 Å². The maximum atomic E-state index is 14.2. The number of hydrogen-bond donors (Lipinski definition) is 1. The van der Waals surface area contributed by atoms with E-state index in [1.165, 1.54) is 0 Å². The number of carbonyl (C=O) groups is 2. The number of ether oxygens (including phenoxy) is 1. The molecule has 1 fully saturated rings. The molecule has 1 N–H and O–H groups in total. The first-order chi connectivity index (χ1) is 15.0. The van der Waals surface area contributed by atoms with Gasteiger partial charge >= 0.3 is 0 Å². The van der Waals surface area contributed by atoms with Crippen molar-refractivity contribution in [1.29, 1.82) is 0 Å². The number of hydrogen-bond acceptors (Lipinski definition) is 4. The van der Waals surface area contributed by atoms with E-state index in [1.807, 2.05) is 78.5 Å². The summed E-state index contributed by atoms with van der Waals surface area (Å²) in [5.74, 6) is 0.542. The number of amides is 1. The average molecular weight is 413 g/mol. The first kappa shape index (κ1) is 18.4. The summed E-state index contributed by atoms with van der Waals surface area (Å²) in [5, 5.41) is 3.08. The fourth-order valence-electron chi connectivity index (χ4n) is 6.32. The topological polar surface area (TPSA) is 63.6 Å². The minimum Gasteiger partial charge on any atom is -0.497 e. The Morgan fingerprint density at radius 2 is 1.81 bits per heavy atom. The van der Waals surface area contributed by atoms with Gasteiger partial charge in [0.15, 0.2) is 5.78 Å². The van der Waals surface area contributed by atoms with Crippen LogP contribution in [0.1, 0.15) is 27.5 Å². The lowest BCUT2D eigenvalue weighted by Crippen LogP contribution is -2.58. The fraction of sp³-hybridized carbons (Fsp3) is 0.280. The number of Topliss-reactive ketones (excluding diaryl/α,β-unsaturated/α-hetero) is 1. The van der Waals surface area contributed by atoms with Gasteiger partial charge < -0.3 is 14.6 Å². The lowest BCUT2D eigenvalue weighted by molar-refractivity contribution is -0.130. The lowest BCUT2D eigenvalue weighted by Gasteiger charge is -2.43. The number of rotatable bonds is 2. The number of aromatic nitrogens is 1. The molecule has 6 heteroatoms. The van der Waals surface area contributed by atoms with E-state index in [-0.39, 0.29) is 17.6 Å². The highest BCUT2D eigenvalue weighted by Crippen LogP contribution is 2.65. The molecule has 1 aromatic heterocycles. The number of carbonyl (C=O) groups excluding carboxylic acids is 2. The molecule has 3 aromatic rings. The van der Waals surface area contributed by atoms with Gasteiger partial charge in [0, 0.05) is 36.5 Å². The van der Waals surface area contributed by atoms with Gasteiger partial charge in [-0.2, -0.15) is 0 Å². The maximum Gasteiger partial charge on any atom is 0.250 e. The van der Waals surface area contributed by atoms with Crippen LogP contribution in [0.4, 0.5) is 5.69 Å². The van der Waals surface area contributed by atoms with Gasteiger partial charge in [-0.25, -0.2) is 0 Å². The molecule has 0 saturated carbocycles. The van der Waals surface area contributed by atoms with Crippen molar-refractivity contribution in [3.05, 3.63) is 83.7 Å². The number of fused-ring (bicyclic) bond motifs is 4. The SMILES string of the molecule is COc1ccc([C@@H]2CN(C)[C@]3(C(=O)Nc4ccccc43)[C@]23Cn2cccc2C3=O)cc1. The lowest BCUT2D eigenvalue weighted by atomic mass is 9.59. The van der Waals surface area contributed by atoms with E-state index >= 15 is 0 Å². The normalized spacial score (nSPS) is 28.9. The fourth-order valence-corrected chi connectivity index (χ4v) is 6.32. The minimum absolute atomic E-state index is 0.0366. The molecule has 4 heterocycles. The summed E-state index contributed by atoms with van der Waals surface area (Å²) in [6.45, 7) is 1.07. The zero-order valence-electron chi connectivity index (χ0n) is 17.5. The van der Waals surface area contributed by atoms with Gasteiger partial charge in [-0.05, 0) is 42.9 Å². The Morgan fingerprint density at radius 3 is 2.55 bits per heavy atom. The van der Waals surface area contributed by atoms with Gasteiger partial charge in [-0.3, -0.25) is 14.5 Å². The van der Waals surface area contributed by atoms with Crippen LogP contribution in [0.3, 0.4) is 0 Å². The van der Waals surface area contributed by atoms with Crippen LogP contribution >= 0.6 is 0 Å². The predicted octanol–water partition coefficient (Wildman–Crippen LogP) is 3.26. The van der Waals surface area contributed by atoms with E-state index in [0.717, 1.165) is 22.6 Å². The van der Waals surface area contributed by atoms with Crippen LogP contribution in [0.2, 0.25) is 0 Å². The molecule has 0 unspecified atom stereocenters. The molecule has 2 aromatic carbocycles. The summed E-state index contributed by atoms with van der Waals surface area (Å²) >= 11 is 0. The van der Waals surface area contributed by atoms with E-state index in [1.54, 1.807) is 7.11 Å². The number of benzene rings is 2. The Hall–Kier alpha value is -3.38. The smallest absolute Gasteiger partial charge is 0.250 e. The Balaban J connectivity index is 1.63. The van der Waals surface area contributed by atoms with Crippen LogP contribution in [-0.2, 0) is 16.9 Å². The molecule has 0 bridgehead atoms. The van der Waals surface area contributed by atoms with Crippen LogP contribution in [0.15, 0.2) is 66.9 Å². The summed E-state index contributed by atoms with van der Waals surface area (Å²) in [6.07, 6.45) is 1.94. The van der Waals surface area contributed by atoms with Gasteiger partial charge in [-0.1, -0.05) is 30.3 Å². The average Bonchev–Trinajstić information content (AvgIpc) is 3.49. The van der Waals surface area contributed by atoms with Crippen molar-refractivity contribution in [1.82, 2.24) is 9.47 Å². The number of nitrogens with one attached hydrogen (secondary N) is 1. The monoisotopic (exact) mass is 413 g/mol. The molecule has 6 nitrogen and oxygen atoms in total. The zero-order valence-corrected chi connectivity index (χ0v) is 17.5. The Morgan fingerprint density at radius 1 is 1.03 bits per heavy atom. The van der Waals surface area contributed by atoms with E-state index < -0.39 is 11.0 Å². The molecule has 3 aliphatic heterocycles. The number of likely N-dealkylation sites (N-methyl/N-ethyl adjacent to an activating group) is 1. The molecule has 6 rings (SSSR count). The van der Waals surface area contributed by atoms with Crippen molar-refractivity contribution in [3.63, 3.8) is 0 Å². The highest BCUT2D eigenvalue weighted by Gasteiger charge is 2.75. The summed E-state index contributed by atoms with van der Waals surface area (Å²) in [6, 6.07) is 19.4. The van der Waals surface area contributed by atoms with Crippen LogP contribution in [0.25, 0.3) is 0 Å². The van der Waals surface area contributed by atoms with Crippen molar-refractivity contribution in [2.75, 3.05) is 26.0 Å². The summed E-state index contributed by atoms with van der Waals surface area (Å²) in [5.41, 5.74) is 1.38. The van der Waals surface area contributed by atoms with Crippen molar-refractivity contribution in [3.8, 4) is 5.75 Å². The third kappa shape index (κ3) is 2.01. The quantitative estimate of drug-likeness (QED) is 0.701. The molecule has 3 aliphatic rings. The summed E-state index contributed by atoms with van der Waals surface area (Å²) in [7, 11) is 3.61. The molecule has 2 spiro atoms. The molecule has 1 amide bonds. The Kier molecular flexibility index (Phi) is 3.61. The predicted molar refractivity (Wildman–Crippen MR) is 116 cm³/mol. The Bertz CT molecular complexity index is 1230. The third-order valence-electron chi connectivity index (χ3n) is 7.57. The number of methoxy groups -OCH3 is 1. The molecule has 0 radical (unpaired) electrons. The van der Waals surface area contributed by atoms with Crippen molar-refractivity contribution in [2.45, 2.75) is 18.0 Å². The van der Waals surface area contributed by atoms with Crippen LogP contribution in [0, 0.1) is 5.41 Å². The highest BCUT2D eigenvalue weighted by molar-refractivity contribution is 6.14. The van der Waals surface area contributed by atoms with Gasteiger partial charge in [0.1, 0.15) is 11.3 Å². The molecular weight excluding hydrogens is 390 g/mol. The van der Waals surface area contributed by atoms with E-state index in [9.17, 15) is 9.59 Å². The van der Waals surface area contributed by atoms with E-state index in [0.29, 0.717) is 18.8 Å². The van der Waals surface area contributed by atoms with Crippen LogP contribution in [-0.4, -0.2) is 41.9 Å². The zero-order chi connectivity index (χ0) is 21.4. The summed E-state index contributed by atoms with van der Waals surface area (Å²) in [4.78, 5) is 30.1. The number of anilines is 1. The molecule has 0 aliphatic carbocycles. The second kappa shape index (κ2) is 6.08. The number of ketones is 1. The number of nitrogens with zero attached hydrogens (tertiary/aromatic N) is 2. The second-order valence-corrected chi connectivity index (χ2v) is 8.74. The third-order valence-corrected chi connectivity index (χ3v) is 7.57. The number of likely N-dealkylation sites (tertiary alicyclic amines) is 1. The Labute approximate surface area is 180 Å². The van der Waals surface area contributed by atoms with Crippen LogP contribution < -0.4 is 10.1 Å². The van der Waals surface area contributed by atoms with E-state index in [4.69, 9.17) is 4.74 Å². The van der Waals surface area contributed by atoms with Crippen LogP contribution in [0.5, 0.6) is 5.75 Å². The molecular formula is C25H23N3O3. The molecule has 31 heavy (non-hydrogen) atoms. The highest BCUT2D eigenvalue weighted by atomic mass is 16.5. The molecule has 3 atom stereocenters. The first-order valence-corrected chi connectivity index (χ1v) is 10.5. The van der Waals surface area contributed by atoms with Crippen molar-refractivity contribution >= 4 is 17.4 Å². The van der Waals surface area contributed by atoms with Gasteiger partial charge in [0.2, 0.25) is 0 Å². The second-order valence-electron chi connectivity index (χ2n) is 8.74. The van der Waals surface area contributed by atoms with Gasteiger partial charge in [0.05, 0.1) is 18.2 Å². The molecule has 1 saturated heterocycles. The summed E-state index contributed by atoms with van der Waals surface area (Å²) < 4.78 is 7.35. The molecule has 156 valence electrons. The van der Waals surface area contributed by atoms with Gasteiger partial charge in [-0.15, -0.1) is 0 Å². The largest absolute Gasteiger partial charge is 0.497 e. The number of para-hydroxylation sites is 1. The van der Waals surface area contributed by atoms with Crippen molar-refractivity contribution in [2.24, 2.45) is 5.41 Å². The minimum atomic E-state index is -1.07. The standard InChI is InChI=1S/C25H23N3O3/c1-27-14-19(16-9-11-17(31-2)12-10-16)24(15-28-13-5-8-21(28)22(24)29)25(27)18-6-3-4-7-20(18)26-23(25)30/h3-13,19H,14-15H2,1-2H3,(H,26,30)/t19-,24+,25+/m0/s1. The first-order valence-electron chi connectivity index (χ1n) is 10.5. The van der Waals surface area contributed by atoms with E-state index in [2.05, 4.69) is 10.2 Å².